The van der Waals surface area contributed by atoms with Gasteiger partial charge in [-0.2, -0.15) is 5.10 Å². The number of hydrogen-bond donors (Lipinski definition) is 2. The van der Waals surface area contributed by atoms with Crippen LogP contribution in [-0.4, -0.2) is 36.5 Å². The van der Waals surface area contributed by atoms with Crippen molar-refractivity contribution in [2.45, 2.75) is 13.8 Å². The van der Waals surface area contributed by atoms with Crippen LogP contribution in [-0.2, 0) is 0 Å². The zero-order chi connectivity index (χ0) is 23.4. The summed E-state index contributed by atoms with van der Waals surface area (Å²) in [5, 5.41) is 17.5. The Kier molecular flexibility index (Phi) is 6.60. The van der Waals surface area contributed by atoms with Crippen molar-refractivity contribution in [3.63, 3.8) is 0 Å². The average Bonchev–Trinajstić information content (AvgIpc) is 3.29. The van der Waals surface area contributed by atoms with Crippen LogP contribution in [0.15, 0.2) is 62.2 Å². The van der Waals surface area contributed by atoms with Crippen molar-refractivity contribution in [3.05, 3.63) is 63.8 Å². The highest BCUT2D eigenvalue weighted by atomic mass is 32.1. The predicted octanol–water partition coefficient (Wildman–Crippen LogP) is 4.92. The first kappa shape index (κ1) is 22.3. The number of aromatic nitrogens is 1. The second-order valence-corrected chi connectivity index (χ2v) is 8.01. The summed E-state index contributed by atoms with van der Waals surface area (Å²) in [5.74, 6) is 0.647. The molecule has 0 saturated heterocycles. The van der Waals surface area contributed by atoms with Gasteiger partial charge in [-0.05, 0) is 38.1 Å². The van der Waals surface area contributed by atoms with Crippen LogP contribution in [0.1, 0.15) is 19.4 Å². The van der Waals surface area contributed by atoms with Crippen molar-refractivity contribution in [1.29, 1.82) is 0 Å². The van der Waals surface area contributed by atoms with Gasteiger partial charge in [-0.15, -0.1) is 11.3 Å². The van der Waals surface area contributed by atoms with E-state index >= 15 is 0 Å². The molecule has 0 radical (unpaired) electrons. The maximum absolute atomic E-state index is 12.5. The molecule has 0 aliphatic heterocycles. The normalized spacial score (nSPS) is 11.2. The van der Waals surface area contributed by atoms with E-state index in [-0.39, 0.29) is 5.75 Å². The molecule has 0 bridgehead atoms. The molecular formula is C24H24N4O4S. The molecule has 0 fully saturated rings. The minimum atomic E-state index is -0.495. The van der Waals surface area contributed by atoms with Crippen molar-refractivity contribution in [2.75, 3.05) is 30.5 Å². The van der Waals surface area contributed by atoms with Crippen molar-refractivity contribution in [1.82, 2.24) is 4.98 Å². The van der Waals surface area contributed by atoms with E-state index in [1.807, 2.05) is 24.3 Å². The zero-order valence-electron chi connectivity index (χ0n) is 18.5. The summed E-state index contributed by atoms with van der Waals surface area (Å²) in [6.45, 7) is 5.86. The molecule has 0 aliphatic carbocycles. The number of para-hydroxylation sites is 1. The lowest BCUT2D eigenvalue weighted by molar-refractivity contribution is 0.407. The second kappa shape index (κ2) is 9.74. The third-order valence-corrected chi connectivity index (χ3v) is 5.98. The Hall–Kier alpha value is -3.85. The van der Waals surface area contributed by atoms with E-state index in [1.54, 1.807) is 23.6 Å². The molecule has 4 aromatic rings. The van der Waals surface area contributed by atoms with Crippen molar-refractivity contribution in [2.24, 2.45) is 5.10 Å². The molecule has 0 amide bonds. The lowest BCUT2D eigenvalue weighted by Gasteiger charge is -2.21. The molecule has 0 atom stereocenters. The third kappa shape index (κ3) is 4.68. The molecule has 170 valence electrons. The molecule has 0 aliphatic rings. The monoisotopic (exact) mass is 464 g/mol. The highest BCUT2D eigenvalue weighted by molar-refractivity contribution is 7.14. The van der Waals surface area contributed by atoms with E-state index in [0.29, 0.717) is 33.3 Å². The number of benzene rings is 2. The summed E-state index contributed by atoms with van der Waals surface area (Å²) in [5.41, 5.74) is 5.14. The highest BCUT2D eigenvalue weighted by Gasteiger charge is 2.13. The van der Waals surface area contributed by atoms with Crippen LogP contribution >= 0.6 is 11.3 Å². The van der Waals surface area contributed by atoms with Gasteiger partial charge in [-0.1, -0.05) is 12.1 Å². The van der Waals surface area contributed by atoms with Crippen LogP contribution in [0.3, 0.4) is 0 Å². The van der Waals surface area contributed by atoms with E-state index in [1.165, 1.54) is 24.7 Å². The van der Waals surface area contributed by atoms with Crippen LogP contribution in [0, 0.1) is 0 Å². The summed E-state index contributed by atoms with van der Waals surface area (Å²) in [4.78, 5) is 19.1. The van der Waals surface area contributed by atoms with Crippen LogP contribution < -0.4 is 20.7 Å². The maximum Gasteiger partial charge on any atom is 0.345 e. The number of methoxy groups -OCH3 is 1. The summed E-state index contributed by atoms with van der Waals surface area (Å²) in [6.07, 6.45) is 1.53. The summed E-state index contributed by atoms with van der Waals surface area (Å²) >= 11 is 1.31. The Morgan fingerprint density at radius 2 is 2.06 bits per heavy atom. The number of phenols is 1. The largest absolute Gasteiger partial charge is 0.507 e. The Bertz CT molecular complexity index is 1360. The third-order valence-electron chi connectivity index (χ3n) is 5.23. The molecule has 33 heavy (non-hydrogen) atoms. The number of phenolic OH excluding ortho intramolecular Hbond substituents is 1. The van der Waals surface area contributed by atoms with Crippen LogP contribution in [0.2, 0.25) is 0 Å². The SMILES string of the molecule is CCN(CC)c1ccc(/C=N/Nc2nc(-c3cc4cccc(OC)c4oc3=O)cs2)c(O)c1. The summed E-state index contributed by atoms with van der Waals surface area (Å²) < 4.78 is 10.7. The van der Waals surface area contributed by atoms with Gasteiger partial charge in [0.25, 0.3) is 0 Å². The fourth-order valence-electron chi connectivity index (χ4n) is 3.49. The first-order chi connectivity index (χ1) is 16.0. The molecule has 9 heteroatoms. The highest BCUT2D eigenvalue weighted by Crippen LogP contribution is 2.29. The number of nitrogens with one attached hydrogen (secondary N) is 1. The fraction of sp³-hybridized carbons (Fsp3) is 0.208. The molecule has 0 unspecified atom stereocenters. The van der Waals surface area contributed by atoms with Crippen LogP contribution in [0.4, 0.5) is 10.8 Å². The van der Waals surface area contributed by atoms with Gasteiger partial charge in [0.05, 0.1) is 24.6 Å². The van der Waals surface area contributed by atoms with Gasteiger partial charge in [-0.25, -0.2) is 9.78 Å². The lowest BCUT2D eigenvalue weighted by atomic mass is 10.1. The topological polar surface area (TPSA) is 100 Å². The van der Waals surface area contributed by atoms with Gasteiger partial charge in [0.15, 0.2) is 11.3 Å². The number of ether oxygens (including phenoxy) is 1. The van der Waals surface area contributed by atoms with E-state index in [9.17, 15) is 9.90 Å². The first-order valence-electron chi connectivity index (χ1n) is 10.5. The van der Waals surface area contributed by atoms with Gasteiger partial charge < -0.3 is 19.2 Å². The molecule has 0 saturated carbocycles. The van der Waals surface area contributed by atoms with Gasteiger partial charge in [0, 0.05) is 41.2 Å². The fourth-order valence-corrected chi connectivity index (χ4v) is 4.15. The van der Waals surface area contributed by atoms with Crippen molar-refractivity contribution >= 4 is 39.3 Å². The van der Waals surface area contributed by atoms with Crippen molar-refractivity contribution < 1.29 is 14.3 Å². The maximum atomic E-state index is 12.5. The van der Waals surface area contributed by atoms with E-state index in [2.05, 4.69) is 34.3 Å². The Morgan fingerprint density at radius 1 is 1.24 bits per heavy atom. The summed E-state index contributed by atoms with van der Waals surface area (Å²) in [6, 6.07) is 12.6. The van der Waals surface area contributed by atoms with Crippen LogP contribution in [0.25, 0.3) is 22.2 Å². The minimum absolute atomic E-state index is 0.147. The lowest BCUT2D eigenvalue weighted by Crippen LogP contribution is -2.21. The first-order valence-corrected chi connectivity index (χ1v) is 11.4. The predicted molar refractivity (Wildman–Crippen MR) is 133 cm³/mol. The zero-order valence-corrected chi connectivity index (χ0v) is 19.3. The van der Waals surface area contributed by atoms with Crippen molar-refractivity contribution in [3.8, 4) is 22.8 Å². The Labute approximate surface area is 194 Å². The minimum Gasteiger partial charge on any atom is -0.507 e. The molecule has 0 spiro atoms. The van der Waals surface area contributed by atoms with Gasteiger partial charge in [0.2, 0.25) is 5.13 Å². The van der Waals surface area contributed by atoms with Gasteiger partial charge >= 0.3 is 5.63 Å². The smallest absolute Gasteiger partial charge is 0.345 e. The number of anilines is 2. The molecule has 2 aromatic heterocycles. The molecule has 2 aromatic carbocycles. The number of hydrazone groups is 1. The number of rotatable bonds is 8. The standard InChI is InChI=1S/C24H24N4O4S/c1-4-28(5-2)17-10-9-16(20(29)12-17)13-25-27-24-26-19(14-33-24)18-11-15-7-6-8-21(31-3)22(15)32-23(18)30/h6-14,29H,4-5H2,1-3H3,(H,26,27)/b25-13+. The average molecular weight is 465 g/mol. The number of thiazole rings is 1. The van der Waals surface area contributed by atoms with E-state index < -0.39 is 5.63 Å². The van der Waals surface area contributed by atoms with E-state index in [0.717, 1.165) is 24.2 Å². The Morgan fingerprint density at radius 3 is 2.79 bits per heavy atom. The number of nitrogens with zero attached hydrogens (tertiary/aromatic N) is 3. The number of fused-ring (bicyclic) bond motifs is 1. The van der Waals surface area contributed by atoms with Gasteiger partial charge in [0.1, 0.15) is 5.75 Å². The second-order valence-electron chi connectivity index (χ2n) is 7.15. The Balaban J connectivity index is 1.51. The molecule has 4 rings (SSSR count). The molecular weight excluding hydrogens is 440 g/mol. The number of hydrogen-bond acceptors (Lipinski definition) is 9. The van der Waals surface area contributed by atoms with E-state index in [4.69, 9.17) is 9.15 Å². The molecule has 8 nitrogen and oxygen atoms in total. The number of aromatic hydroxyl groups is 1. The molecule has 2 heterocycles. The van der Waals surface area contributed by atoms with Crippen LogP contribution in [0.5, 0.6) is 11.5 Å². The quantitative estimate of drug-likeness (QED) is 0.217. The summed E-state index contributed by atoms with van der Waals surface area (Å²) in [7, 11) is 1.53. The van der Waals surface area contributed by atoms with Gasteiger partial charge in [-0.3, -0.25) is 5.43 Å². The molecule has 2 N–H and O–H groups in total.